The van der Waals surface area contributed by atoms with Gasteiger partial charge in [0.25, 0.3) is 0 Å². The number of aromatic amines is 2. The van der Waals surface area contributed by atoms with Crippen LogP contribution in [0.5, 0.6) is 11.5 Å². The van der Waals surface area contributed by atoms with Gasteiger partial charge in [-0.25, -0.2) is 24.4 Å². The zero-order chi connectivity index (χ0) is 17.8. The van der Waals surface area contributed by atoms with Crippen molar-refractivity contribution in [2.75, 3.05) is 0 Å². The summed E-state index contributed by atoms with van der Waals surface area (Å²) in [7, 11) is 0. The van der Waals surface area contributed by atoms with Gasteiger partial charge < -0.3 is 9.47 Å². The van der Waals surface area contributed by atoms with Crippen LogP contribution in [0.2, 0.25) is 0 Å². The number of halogens is 2. The molecule has 0 atom stereocenters. The number of rotatable bonds is 6. The summed E-state index contributed by atoms with van der Waals surface area (Å²) in [5, 5.41) is 4.39. The smallest absolute Gasteiger partial charge is 0.387 e. The van der Waals surface area contributed by atoms with E-state index in [-0.39, 0.29) is 12.4 Å². The molecule has 0 amide bonds. The summed E-state index contributed by atoms with van der Waals surface area (Å²) < 4.78 is 35.0. The van der Waals surface area contributed by atoms with E-state index in [1.165, 1.54) is 12.1 Å². The molecule has 1 heterocycles. The Balaban J connectivity index is 1.64. The number of hydrogen-bond acceptors (Lipinski definition) is 4. The molecular weight excluding hydrogens is 336 g/mol. The number of ether oxygens (including phenoxy) is 2. The van der Waals surface area contributed by atoms with Crippen molar-refractivity contribution < 1.29 is 18.3 Å². The standard InChI is InChI=1S/C16H13F2N3O4/c17-14(18)25-13-5-1-10(2-6-13)9-24-12-7-3-11(4-8-12)21-15(22)19-20-16(21)23/h1-8,14H,9H2,(H,19,22)(H,20,23). The lowest BCUT2D eigenvalue weighted by molar-refractivity contribution is -0.0498. The SMILES string of the molecule is O=c1[nH][nH]c(=O)n1-c1ccc(OCc2ccc(OC(F)F)cc2)cc1. The van der Waals surface area contributed by atoms with E-state index in [2.05, 4.69) is 14.9 Å². The van der Waals surface area contributed by atoms with Gasteiger partial charge in [0, 0.05) is 0 Å². The molecule has 3 rings (SSSR count). The average Bonchev–Trinajstić information content (AvgIpc) is 2.93. The summed E-state index contributed by atoms with van der Waals surface area (Å²) in [6.45, 7) is -2.64. The first-order chi connectivity index (χ1) is 12.0. The van der Waals surface area contributed by atoms with E-state index >= 15 is 0 Å². The largest absolute Gasteiger partial charge is 0.489 e. The van der Waals surface area contributed by atoms with Gasteiger partial charge in [-0.15, -0.1) is 0 Å². The molecule has 0 aliphatic carbocycles. The number of benzene rings is 2. The van der Waals surface area contributed by atoms with E-state index in [1.807, 2.05) is 0 Å². The molecule has 1 aromatic heterocycles. The molecule has 9 heteroatoms. The molecule has 2 aromatic carbocycles. The molecule has 2 N–H and O–H groups in total. The van der Waals surface area contributed by atoms with Crippen LogP contribution in [0, 0.1) is 0 Å². The van der Waals surface area contributed by atoms with Crippen molar-refractivity contribution in [3.8, 4) is 17.2 Å². The molecule has 0 saturated heterocycles. The third-order valence-corrected chi connectivity index (χ3v) is 3.33. The lowest BCUT2D eigenvalue weighted by atomic mass is 10.2. The molecule has 0 radical (unpaired) electrons. The first-order valence-corrected chi connectivity index (χ1v) is 7.19. The van der Waals surface area contributed by atoms with Crippen molar-refractivity contribution in [2.45, 2.75) is 13.2 Å². The predicted octanol–water partition coefficient (Wildman–Crippen LogP) is 2.03. The second kappa shape index (κ2) is 7.04. The number of aromatic nitrogens is 3. The topological polar surface area (TPSA) is 89.1 Å². The van der Waals surface area contributed by atoms with E-state index in [4.69, 9.17) is 4.74 Å². The number of nitrogens with zero attached hydrogens (tertiary/aromatic N) is 1. The Hall–Kier alpha value is -3.36. The maximum Gasteiger partial charge on any atom is 0.387 e. The quantitative estimate of drug-likeness (QED) is 0.713. The molecule has 0 bridgehead atoms. The lowest BCUT2D eigenvalue weighted by Gasteiger charge is -2.08. The van der Waals surface area contributed by atoms with Crippen molar-refractivity contribution >= 4 is 0 Å². The molecule has 0 unspecified atom stereocenters. The highest BCUT2D eigenvalue weighted by Crippen LogP contribution is 2.18. The van der Waals surface area contributed by atoms with Crippen molar-refractivity contribution in [1.82, 2.24) is 14.8 Å². The number of hydrogen-bond donors (Lipinski definition) is 2. The normalized spacial score (nSPS) is 10.8. The van der Waals surface area contributed by atoms with Crippen LogP contribution < -0.4 is 20.9 Å². The van der Waals surface area contributed by atoms with E-state index in [9.17, 15) is 18.4 Å². The van der Waals surface area contributed by atoms with E-state index < -0.39 is 18.0 Å². The number of alkyl halides is 2. The molecular formula is C16H13F2N3O4. The highest BCUT2D eigenvalue weighted by molar-refractivity contribution is 5.37. The van der Waals surface area contributed by atoms with Gasteiger partial charge in [-0.3, -0.25) is 0 Å². The van der Waals surface area contributed by atoms with E-state index in [1.54, 1.807) is 36.4 Å². The fraction of sp³-hybridized carbons (Fsp3) is 0.125. The molecule has 0 fully saturated rings. The third kappa shape index (κ3) is 3.94. The second-order valence-electron chi connectivity index (χ2n) is 5.00. The zero-order valence-electron chi connectivity index (χ0n) is 12.7. The molecule has 7 nitrogen and oxygen atoms in total. The van der Waals surface area contributed by atoms with Crippen LogP contribution >= 0.6 is 0 Å². The van der Waals surface area contributed by atoms with E-state index in [0.29, 0.717) is 11.4 Å². The van der Waals surface area contributed by atoms with Crippen molar-refractivity contribution in [3.05, 3.63) is 75.1 Å². The minimum Gasteiger partial charge on any atom is -0.489 e. The van der Waals surface area contributed by atoms with Crippen LogP contribution in [-0.2, 0) is 6.61 Å². The molecule has 25 heavy (non-hydrogen) atoms. The van der Waals surface area contributed by atoms with Gasteiger partial charge in [-0.05, 0) is 42.0 Å². The third-order valence-electron chi connectivity index (χ3n) is 3.33. The molecule has 0 saturated carbocycles. The van der Waals surface area contributed by atoms with Crippen LogP contribution in [0.3, 0.4) is 0 Å². The molecule has 3 aromatic rings. The van der Waals surface area contributed by atoms with Crippen LogP contribution in [0.1, 0.15) is 5.56 Å². The fourth-order valence-electron chi connectivity index (χ4n) is 2.17. The van der Waals surface area contributed by atoms with Gasteiger partial charge in [-0.2, -0.15) is 8.78 Å². The van der Waals surface area contributed by atoms with Gasteiger partial charge in [0.1, 0.15) is 18.1 Å². The lowest BCUT2D eigenvalue weighted by Crippen LogP contribution is -2.24. The first-order valence-electron chi connectivity index (χ1n) is 7.19. The summed E-state index contributed by atoms with van der Waals surface area (Å²) in [4.78, 5) is 23.0. The van der Waals surface area contributed by atoms with Crippen molar-refractivity contribution in [1.29, 1.82) is 0 Å². The summed E-state index contributed by atoms with van der Waals surface area (Å²) >= 11 is 0. The Morgan fingerprint density at radius 1 is 0.880 bits per heavy atom. The fourth-order valence-corrected chi connectivity index (χ4v) is 2.17. The zero-order valence-corrected chi connectivity index (χ0v) is 12.7. The first kappa shape index (κ1) is 16.5. The van der Waals surface area contributed by atoms with E-state index in [0.717, 1.165) is 10.1 Å². The Morgan fingerprint density at radius 2 is 1.44 bits per heavy atom. The van der Waals surface area contributed by atoms with Crippen molar-refractivity contribution in [2.24, 2.45) is 0 Å². The number of nitrogens with one attached hydrogen (secondary N) is 2. The number of H-pyrrole nitrogens is 2. The summed E-state index contributed by atoms with van der Waals surface area (Å²) in [5.74, 6) is 0.599. The highest BCUT2D eigenvalue weighted by Gasteiger charge is 2.06. The van der Waals surface area contributed by atoms with Crippen LogP contribution in [-0.4, -0.2) is 21.4 Å². The Morgan fingerprint density at radius 3 is 2.00 bits per heavy atom. The minimum atomic E-state index is -2.86. The summed E-state index contributed by atoms with van der Waals surface area (Å²) in [6.07, 6.45) is 0. The van der Waals surface area contributed by atoms with Gasteiger partial charge in [0.2, 0.25) is 0 Å². The maximum atomic E-state index is 12.1. The van der Waals surface area contributed by atoms with Crippen LogP contribution in [0.15, 0.2) is 58.1 Å². The predicted molar refractivity (Wildman–Crippen MR) is 84.4 cm³/mol. The molecule has 0 aliphatic heterocycles. The van der Waals surface area contributed by atoms with Crippen LogP contribution in [0.4, 0.5) is 8.78 Å². The maximum absolute atomic E-state index is 12.1. The van der Waals surface area contributed by atoms with Gasteiger partial charge in [-0.1, -0.05) is 12.1 Å². The highest BCUT2D eigenvalue weighted by atomic mass is 19.3. The molecule has 0 spiro atoms. The molecule has 130 valence electrons. The summed E-state index contributed by atoms with van der Waals surface area (Å²) in [6, 6.07) is 12.5. The van der Waals surface area contributed by atoms with Crippen LogP contribution in [0.25, 0.3) is 5.69 Å². The minimum absolute atomic E-state index is 0.0743. The van der Waals surface area contributed by atoms with Crippen molar-refractivity contribution in [3.63, 3.8) is 0 Å². The van der Waals surface area contributed by atoms with Gasteiger partial charge >= 0.3 is 18.0 Å². The molecule has 0 aliphatic rings. The average molecular weight is 349 g/mol. The monoisotopic (exact) mass is 349 g/mol. The summed E-state index contributed by atoms with van der Waals surface area (Å²) in [5.41, 5.74) is 0.0342. The Kier molecular flexibility index (Phi) is 4.64. The van der Waals surface area contributed by atoms with Gasteiger partial charge in [0.05, 0.1) is 5.69 Å². The Bertz CT molecular complexity index is 916. The second-order valence-corrected chi connectivity index (χ2v) is 5.00. The Labute approximate surface area is 139 Å². The van der Waals surface area contributed by atoms with Gasteiger partial charge in [0.15, 0.2) is 0 Å².